The van der Waals surface area contributed by atoms with E-state index in [1.165, 1.54) is 12.1 Å². The fourth-order valence-corrected chi connectivity index (χ4v) is 1.02. The molecule has 0 atom stereocenters. The van der Waals surface area contributed by atoms with E-state index in [4.69, 9.17) is 11.4 Å². The normalized spacial score (nSPS) is 10.9. The largest absolute Gasteiger partial charge is 0.707 e. The van der Waals surface area contributed by atoms with Crippen LogP contribution >= 0.6 is 0 Å². The first kappa shape index (κ1) is 8.39. The van der Waals surface area contributed by atoms with Crippen molar-refractivity contribution in [2.45, 2.75) is 0 Å². The molecular formula is C7H7BN4O3. The molecule has 0 amide bonds. The van der Waals surface area contributed by atoms with Crippen molar-refractivity contribution in [2.24, 2.45) is 0 Å². The number of tetrazole rings is 1. The van der Waals surface area contributed by atoms with Crippen LogP contribution in [-0.4, -0.2) is 38.0 Å². The summed E-state index contributed by atoms with van der Waals surface area (Å²) in [5, 5.41) is 30.4. The molecule has 0 saturated heterocycles. The molecule has 0 bridgehead atoms. The van der Waals surface area contributed by atoms with E-state index in [1.54, 1.807) is 6.07 Å². The smallest absolute Gasteiger partial charge is 0.512 e. The highest BCUT2D eigenvalue weighted by atomic mass is 16.6. The summed E-state index contributed by atoms with van der Waals surface area (Å²) in [6.07, 6.45) is 0. The van der Waals surface area contributed by atoms with Crippen LogP contribution in [0.5, 0.6) is 5.75 Å². The quantitative estimate of drug-likeness (QED) is 0.570. The van der Waals surface area contributed by atoms with Gasteiger partial charge in [0.15, 0.2) is 0 Å². The van der Waals surface area contributed by atoms with Crippen LogP contribution in [0, 0.1) is 0 Å². The van der Waals surface area contributed by atoms with E-state index >= 15 is 0 Å². The zero-order valence-electron chi connectivity index (χ0n) is 8.45. The topological polar surface area (TPSA) is 104 Å². The molecule has 0 aliphatic rings. The van der Waals surface area contributed by atoms with Crippen molar-refractivity contribution < 1.29 is 16.1 Å². The van der Waals surface area contributed by atoms with Crippen LogP contribution in [0.2, 0.25) is 0 Å². The lowest BCUT2D eigenvalue weighted by molar-refractivity contribution is 0.288. The van der Waals surface area contributed by atoms with Crippen LogP contribution < -0.4 is 4.65 Å². The number of nitrogens with zero attached hydrogens (tertiary/aromatic N) is 3. The zero-order chi connectivity index (χ0) is 11.5. The van der Waals surface area contributed by atoms with Crippen molar-refractivity contribution >= 4 is 7.32 Å². The minimum atomic E-state index is -1.94. The molecular weight excluding hydrogens is 199 g/mol. The fraction of sp³-hybridized carbons (Fsp3) is 0. The van der Waals surface area contributed by atoms with Crippen LogP contribution in [0.15, 0.2) is 24.2 Å². The number of aromatic nitrogens is 4. The van der Waals surface area contributed by atoms with Crippen LogP contribution in [0.1, 0.15) is 1.37 Å². The third-order valence-electron chi connectivity index (χ3n) is 1.62. The van der Waals surface area contributed by atoms with Gasteiger partial charge in [0, 0.05) is 5.56 Å². The molecule has 1 aromatic heterocycles. The second-order valence-electron chi connectivity index (χ2n) is 2.62. The summed E-state index contributed by atoms with van der Waals surface area (Å²) in [7, 11) is -1.94. The summed E-state index contributed by atoms with van der Waals surface area (Å²) in [6, 6.07) is 4.44. The predicted molar refractivity (Wildman–Crippen MR) is 50.4 cm³/mol. The Morgan fingerprint density at radius 3 is 2.87 bits per heavy atom. The summed E-state index contributed by atoms with van der Waals surface area (Å²) < 4.78 is 12.2. The van der Waals surface area contributed by atoms with Gasteiger partial charge in [0.2, 0.25) is 5.82 Å². The third-order valence-corrected chi connectivity index (χ3v) is 1.62. The molecule has 1 aromatic carbocycles. The minimum absolute atomic E-state index is 0.00426. The molecule has 76 valence electrons. The van der Waals surface area contributed by atoms with Gasteiger partial charge in [-0.1, -0.05) is 0 Å². The van der Waals surface area contributed by atoms with Gasteiger partial charge < -0.3 is 14.7 Å². The van der Waals surface area contributed by atoms with Gasteiger partial charge in [-0.3, -0.25) is 0 Å². The Kier molecular flexibility index (Phi) is 2.28. The average molecular weight is 207 g/mol. The molecule has 0 spiro atoms. The molecule has 2 aromatic rings. The van der Waals surface area contributed by atoms with E-state index < -0.39 is 7.32 Å². The predicted octanol–water partition coefficient (Wildman–Crippen LogP) is -0.785. The number of hydrogen-bond acceptors (Lipinski definition) is 6. The maximum Gasteiger partial charge on any atom is 0.707 e. The zero-order valence-corrected chi connectivity index (χ0v) is 7.45. The van der Waals surface area contributed by atoms with E-state index in [0.717, 1.165) is 0 Å². The highest BCUT2D eigenvalue weighted by Crippen LogP contribution is 2.18. The summed E-state index contributed by atoms with van der Waals surface area (Å²) in [6.45, 7) is 0. The average Bonchev–Trinajstić information content (AvgIpc) is 2.73. The molecule has 0 saturated carbocycles. The van der Waals surface area contributed by atoms with Crippen molar-refractivity contribution in [2.75, 3.05) is 0 Å². The standard InChI is InChI=1S/C7H7BN4O3/c13-8(14)15-6-3-1-5(2-4-6)7-9-11-12-10-7/h1-4,13-14H,(H,9,10,11,12)/i3D. The summed E-state index contributed by atoms with van der Waals surface area (Å²) >= 11 is 0. The lowest BCUT2D eigenvalue weighted by atomic mass is 10.2. The van der Waals surface area contributed by atoms with E-state index in [-0.39, 0.29) is 11.8 Å². The SMILES string of the molecule is [2H]c1cc(-c2nn[nH]n2)ccc1OB(O)O. The van der Waals surface area contributed by atoms with Crippen molar-refractivity contribution in [3.05, 3.63) is 24.2 Å². The fourth-order valence-electron chi connectivity index (χ4n) is 1.02. The number of aromatic amines is 1. The van der Waals surface area contributed by atoms with E-state index in [0.29, 0.717) is 11.4 Å². The second kappa shape index (κ2) is 4.07. The Morgan fingerprint density at radius 2 is 2.27 bits per heavy atom. The van der Waals surface area contributed by atoms with Crippen LogP contribution in [-0.2, 0) is 0 Å². The highest BCUT2D eigenvalue weighted by Gasteiger charge is 2.11. The Bertz CT molecular complexity index is 478. The van der Waals surface area contributed by atoms with E-state index in [1.807, 2.05) is 0 Å². The maximum absolute atomic E-state index is 8.59. The molecule has 0 unspecified atom stereocenters. The van der Waals surface area contributed by atoms with Crippen LogP contribution in [0.25, 0.3) is 11.4 Å². The monoisotopic (exact) mass is 207 g/mol. The summed E-state index contributed by atoms with van der Waals surface area (Å²) in [4.78, 5) is 0. The third kappa shape index (κ3) is 2.30. The van der Waals surface area contributed by atoms with Gasteiger partial charge in [-0.15, -0.1) is 10.2 Å². The van der Waals surface area contributed by atoms with Gasteiger partial charge in [0.25, 0.3) is 0 Å². The lowest BCUT2D eigenvalue weighted by Gasteiger charge is -2.03. The van der Waals surface area contributed by atoms with Crippen molar-refractivity contribution in [3.63, 3.8) is 0 Å². The summed E-state index contributed by atoms with van der Waals surface area (Å²) in [5.74, 6) is 0.409. The molecule has 0 aliphatic heterocycles. The molecule has 0 aliphatic carbocycles. The molecule has 8 heteroatoms. The Labute approximate surface area is 86.3 Å². The van der Waals surface area contributed by atoms with Crippen LogP contribution in [0.3, 0.4) is 0 Å². The van der Waals surface area contributed by atoms with Gasteiger partial charge in [0.1, 0.15) is 5.75 Å². The van der Waals surface area contributed by atoms with Crippen molar-refractivity contribution in [1.82, 2.24) is 20.6 Å². The molecule has 0 fully saturated rings. The van der Waals surface area contributed by atoms with Gasteiger partial charge in [0.05, 0.1) is 1.37 Å². The van der Waals surface area contributed by atoms with Gasteiger partial charge in [-0.05, 0) is 29.5 Å². The van der Waals surface area contributed by atoms with E-state index in [9.17, 15) is 0 Å². The molecule has 0 radical (unpaired) electrons. The molecule has 3 N–H and O–H groups in total. The van der Waals surface area contributed by atoms with Crippen molar-refractivity contribution in [3.8, 4) is 17.1 Å². The number of benzene rings is 1. The van der Waals surface area contributed by atoms with Crippen LogP contribution in [0.4, 0.5) is 0 Å². The number of rotatable bonds is 3. The van der Waals surface area contributed by atoms with E-state index in [2.05, 4.69) is 25.3 Å². The van der Waals surface area contributed by atoms with Crippen molar-refractivity contribution in [1.29, 1.82) is 0 Å². The first-order chi connectivity index (χ1) is 7.66. The maximum atomic E-state index is 8.59. The van der Waals surface area contributed by atoms with Gasteiger partial charge in [-0.25, -0.2) is 0 Å². The number of hydrogen-bond donors (Lipinski definition) is 3. The summed E-state index contributed by atoms with van der Waals surface area (Å²) in [5.41, 5.74) is 0.582. The Hall–Kier alpha value is -1.93. The Balaban J connectivity index is 2.29. The molecule has 15 heavy (non-hydrogen) atoms. The van der Waals surface area contributed by atoms with Gasteiger partial charge >= 0.3 is 7.32 Å². The first-order valence-corrected chi connectivity index (χ1v) is 4.04. The van der Waals surface area contributed by atoms with Gasteiger partial charge in [-0.2, -0.15) is 5.21 Å². The number of nitrogens with one attached hydrogen (secondary N) is 1. The molecule has 7 nitrogen and oxygen atoms in total. The molecule has 1 heterocycles. The highest BCUT2D eigenvalue weighted by molar-refractivity contribution is 6.33. The molecule has 2 rings (SSSR count). The Morgan fingerprint density at radius 1 is 1.40 bits per heavy atom. The lowest BCUT2D eigenvalue weighted by Crippen LogP contribution is -2.20. The second-order valence-corrected chi connectivity index (χ2v) is 2.62. The first-order valence-electron chi connectivity index (χ1n) is 4.54. The number of H-pyrrole nitrogens is 1. The minimum Gasteiger partial charge on any atom is -0.512 e.